The fraction of sp³-hybridized carbons (Fsp3) is 0.150. The summed E-state index contributed by atoms with van der Waals surface area (Å²) < 4.78 is 6.58. The van der Waals surface area contributed by atoms with Crippen LogP contribution in [0.5, 0.6) is 0 Å². The number of nitrogens with zero attached hydrogens (tertiary/aromatic N) is 2. The van der Waals surface area contributed by atoms with E-state index in [0.717, 1.165) is 5.56 Å². The molecule has 0 unspecified atom stereocenters. The number of anilines is 1. The van der Waals surface area contributed by atoms with Crippen LogP contribution >= 0.6 is 0 Å². The quantitative estimate of drug-likeness (QED) is 0.718. The highest BCUT2D eigenvalue weighted by Gasteiger charge is 2.14. The van der Waals surface area contributed by atoms with E-state index in [2.05, 4.69) is 10.4 Å². The molecular formula is C20H19N3O3. The van der Waals surface area contributed by atoms with E-state index in [1.807, 2.05) is 29.1 Å². The molecule has 0 saturated carbocycles. The maximum absolute atomic E-state index is 12.5. The molecule has 0 aliphatic heterocycles. The number of carbonyl (C=O) groups excluding carboxylic acids is 2. The highest BCUT2D eigenvalue weighted by molar-refractivity contribution is 6.05. The van der Waals surface area contributed by atoms with Crippen molar-refractivity contribution in [1.29, 1.82) is 0 Å². The molecule has 132 valence electrons. The number of esters is 1. The van der Waals surface area contributed by atoms with Crippen LogP contribution in [0.15, 0.2) is 60.9 Å². The summed E-state index contributed by atoms with van der Waals surface area (Å²) in [6, 6.07) is 14.3. The van der Waals surface area contributed by atoms with Crippen LogP contribution in [0.2, 0.25) is 0 Å². The third-order valence-corrected chi connectivity index (χ3v) is 4.11. The third-order valence-electron chi connectivity index (χ3n) is 4.11. The highest BCUT2D eigenvalue weighted by Crippen LogP contribution is 2.20. The Morgan fingerprint density at radius 3 is 2.54 bits per heavy atom. The van der Waals surface area contributed by atoms with Gasteiger partial charge in [0.15, 0.2) is 0 Å². The van der Waals surface area contributed by atoms with E-state index in [0.29, 0.717) is 28.9 Å². The Bertz CT molecular complexity index is 916. The van der Waals surface area contributed by atoms with Crippen LogP contribution in [0.1, 0.15) is 31.8 Å². The van der Waals surface area contributed by atoms with Gasteiger partial charge >= 0.3 is 5.97 Å². The summed E-state index contributed by atoms with van der Waals surface area (Å²) in [6.45, 7) is 2.42. The van der Waals surface area contributed by atoms with Gasteiger partial charge in [0, 0.05) is 23.6 Å². The molecule has 0 spiro atoms. The average molecular weight is 349 g/mol. The summed E-state index contributed by atoms with van der Waals surface area (Å²) in [4.78, 5) is 24.3. The Kier molecular flexibility index (Phi) is 5.12. The lowest BCUT2D eigenvalue weighted by Crippen LogP contribution is -2.14. The molecule has 2 aromatic carbocycles. The lowest BCUT2D eigenvalue weighted by molar-refractivity contribution is 0.0599. The molecule has 1 aromatic heterocycles. The first-order valence-corrected chi connectivity index (χ1v) is 8.14. The van der Waals surface area contributed by atoms with Crippen molar-refractivity contribution in [3.05, 3.63) is 83.2 Å². The largest absolute Gasteiger partial charge is 0.465 e. The van der Waals surface area contributed by atoms with Gasteiger partial charge in [-0.05, 0) is 48.4 Å². The van der Waals surface area contributed by atoms with Crippen molar-refractivity contribution in [2.45, 2.75) is 13.5 Å². The maximum atomic E-state index is 12.5. The second kappa shape index (κ2) is 7.65. The number of aromatic nitrogens is 2. The summed E-state index contributed by atoms with van der Waals surface area (Å²) >= 11 is 0. The van der Waals surface area contributed by atoms with Crippen LogP contribution in [0.4, 0.5) is 5.69 Å². The van der Waals surface area contributed by atoms with Gasteiger partial charge in [-0.15, -0.1) is 0 Å². The minimum Gasteiger partial charge on any atom is -0.465 e. The van der Waals surface area contributed by atoms with Crippen molar-refractivity contribution in [2.75, 3.05) is 12.4 Å². The molecule has 6 nitrogen and oxygen atoms in total. The molecule has 1 amide bonds. The van der Waals surface area contributed by atoms with Crippen LogP contribution in [0, 0.1) is 6.92 Å². The standard InChI is InChI=1S/C20H19N3O3/c1-14-17(20(25)26-2)5-3-6-18(14)22-19(24)16-9-7-15(8-10-16)13-23-12-4-11-21-23/h3-12H,13H2,1-2H3,(H,22,24). The Labute approximate surface area is 151 Å². The number of hydrogen-bond acceptors (Lipinski definition) is 4. The topological polar surface area (TPSA) is 73.2 Å². The highest BCUT2D eigenvalue weighted by atomic mass is 16.5. The monoisotopic (exact) mass is 349 g/mol. The number of hydrogen-bond donors (Lipinski definition) is 1. The lowest BCUT2D eigenvalue weighted by atomic mass is 10.1. The van der Waals surface area contributed by atoms with Crippen LogP contribution in [-0.2, 0) is 11.3 Å². The molecule has 0 radical (unpaired) electrons. The van der Waals surface area contributed by atoms with E-state index in [1.165, 1.54) is 7.11 Å². The third kappa shape index (κ3) is 3.80. The first-order valence-electron chi connectivity index (χ1n) is 8.14. The molecule has 3 aromatic rings. The Morgan fingerprint density at radius 1 is 1.12 bits per heavy atom. The fourth-order valence-electron chi connectivity index (χ4n) is 2.64. The summed E-state index contributed by atoms with van der Waals surface area (Å²) in [5.74, 6) is -0.665. The summed E-state index contributed by atoms with van der Waals surface area (Å²) in [7, 11) is 1.33. The smallest absolute Gasteiger partial charge is 0.338 e. The molecule has 0 bridgehead atoms. The van der Waals surface area contributed by atoms with Gasteiger partial charge in [0.1, 0.15) is 0 Å². The van der Waals surface area contributed by atoms with Crippen LogP contribution in [0.25, 0.3) is 0 Å². The van der Waals surface area contributed by atoms with Gasteiger partial charge in [-0.2, -0.15) is 5.10 Å². The van der Waals surface area contributed by atoms with Gasteiger partial charge in [-0.1, -0.05) is 18.2 Å². The van der Waals surface area contributed by atoms with Gasteiger partial charge in [-0.25, -0.2) is 4.79 Å². The Morgan fingerprint density at radius 2 is 1.88 bits per heavy atom. The second-order valence-corrected chi connectivity index (χ2v) is 5.82. The van der Waals surface area contributed by atoms with Crippen LogP contribution in [0.3, 0.4) is 0 Å². The number of methoxy groups -OCH3 is 1. The normalized spacial score (nSPS) is 10.4. The second-order valence-electron chi connectivity index (χ2n) is 5.82. The number of nitrogens with one attached hydrogen (secondary N) is 1. The van der Waals surface area contributed by atoms with Gasteiger partial charge in [0.2, 0.25) is 0 Å². The van der Waals surface area contributed by atoms with Crippen molar-refractivity contribution in [2.24, 2.45) is 0 Å². The fourth-order valence-corrected chi connectivity index (χ4v) is 2.64. The zero-order valence-electron chi connectivity index (χ0n) is 14.6. The molecule has 0 fully saturated rings. The zero-order valence-corrected chi connectivity index (χ0v) is 14.6. The molecule has 0 atom stereocenters. The van der Waals surface area contributed by atoms with Gasteiger partial charge < -0.3 is 10.1 Å². The molecule has 6 heteroatoms. The van der Waals surface area contributed by atoms with E-state index in [9.17, 15) is 9.59 Å². The first kappa shape index (κ1) is 17.4. The first-order chi connectivity index (χ1) is 12.6. The van der Waals surface area contributed by atoms with Crippen molar-refractivity contribution in [1.82, 2.24) is 9.78 Å². The minimum atomic E-state index is -0.429. The summed E-state index contributed by atoms with van der Waals surface area (Å²) in [5.41, 5.74) is 3.27. The number of benzene rings is 2. The van der Waals surface area contributed by atoms with E-state index in [-0.39, 0.29) is 5.91 Å². The van der Waals surface area contributed by atoms with Crippen molar-refractivity contribution >= 4 is 17.6 Å². The van der Waals surface area contributed by atoms with Crippen molar-refractivity contribution < 1.29 is 14.3 Å². The zero-order chi connectivity index (χ0) is 18.5. The number of amides is 1. The molecular weight excluding hydrogens is 330 g/mol. The van der Waals surface area contributed by atoms with Gasteiger partial charge in [0.25, 0.3) is 5.91 Å². The summed E-state index contributed by atoms with van der Waals surface area (Å²) in [6.07, 6.45) is 3.62. The Hall–Kier alpha value is -3.41. The number of ether oxygens (including phenoxy) is 1. The SMILES string of the molecule is COC(=O)c1cccc(NC(=O)c2ccc(Cn3cccn3)cc2)c1C. The average Bonchev–Trinajstić information content (AvgIpc) is 3.16. The maximum Gasteiger partial charge on any atom is 0.338 e. The van der Waals surface area contributed by atoms with Crippen molar-refractivity contribution in [3.8, 4) is 0 Å². The van der Waals surface area contributed by atoms with Gasteiger partial charge in [-0.3, -0.25) is 9.48 Å². The predicted octanol–water partition coefficient (Wildman–Crippen LogP) is 3.28. The van der Waals surface area contributed by atoms with E-state index in [4.69, 9.17) is 4.74 Å². The number of carbonyl (C=O) groups is 2. The molecule has 3 rings (SSSR count). The molecule has 0 saturated heterocycles. The molecule has 1 heterocycles. The van der Waals surface area contributed by atoms with Crippen LogP contribution < -0.4 is 5.32 Å². The Balaban J connectivity index is 1.73. The molecule has 0 aliphatic rings. The summed E-state index contributed by atoms with van der Waals surface area (Å²) in [5, 5.41) is 7.01. The lowest BCUT2D eigenvalue weighted by Gasteiger charge is -2.11. The molecule has 0 aliphatic carbocycles. The predicted molar refractivity (Wildman–Crippen MR) is 98.2 cm³/mol. The van der Waals surface area contributed by atoms with E-state index in [1.54, 1.807) is 43.5 Å². The van der Waals surface area contributed by atoms with Gasteiger partial charge in [0.05, 0.1) is 19.2 Å². The molecule has 1 N–H and O–H groups in total. The van der Waals surface area contributed by atoms with Crippen molar-refractivity contribution in [3.63, 3.8) is 0 Å². The van der Waals surface area contributed by atoms with E-state index < -0.39 is 5.97 Å². The minimum absolute atomic E-state index is 0.235. The van der Waals surface area contributed by atoms with E-state index >= 15 is 0 Å². The molecule has 26 heavy (non-hydrogen) atoms. The number of rotatable bonds is 5. The van der Waals surface area contributed by atoms with Crippen LogP contribution in [-0.4, -0.2) is 28.8 Å².